The van der Waals surface area contributed by atoms with Crippen LogP contribution in [0.25, 0.3) is 0 Å². The predicted octanol–water partition coefficient (Wildman–Crippen LogP) is 0.714. The number of aromatic hydroxyl groups is 1. The summed E-state index contributed by atoms with van der Waals surface area (Å²) in [6.45, 7) is 2.87. The minimum absolute atomic E-state index is 0.121. The van der Waals surface area contributed by atoms with E-state index in [1.807, 2.05) is 0 Å². The number of sulfonamides is 1. The summed E-state index contributed by atoms with van der Waals surface area (Å²) in [6.07, 6.45) is 0.789. The zero-order valence-electron chi connectivity index (χ0n) is 11.5. The zero-order chi connectivity index (χ0) is 15.6. The molecule has 1 aromatic rings. The fraction of sp³-hybridized carbons (Fsp3) is 0.462. The average Bonchev–Trinajstić information content (AvgIpc) is 2.88. The Balaban J connectivity index is 2.26. The average molecular weight is 315 g/mol. The number of nitrogens with one attached hydrogen (secondary N) is 1. The Morgan fingerprint density at radius 3 is 2.76 bits per heavy atom. The smallest absolute Gasteiger partial charge is 0.339 e. The number of aryl methyl sites for hydroxylation is 1. The van der Waals surface area contributed by atoms with Crippen LogP contribution in [0.2, 0.25) is 0 Å². The number of carboxylic acid groups (broad SMARTS) is 1. The number of aromatic carboxylic acids is 1. The molecule has 0 radical (unpaired) electrons. The third kappa shape index (κ3) is 3.52. The van der Waals surface area contributed by atoms with Crippen molar-refractivity contribution in [3.05, 3.63) is 23.3 Å². The van der Waals surface area contributed by atoms with Crippen LogP contribution in [-0.2, 0) is 14.8 Å². The Bertz CT molecular complexity index is 649. The molecule has 1 atom stereocenters. The highest BCUT2D eigenvalue weighted by Gasteiger charge is 2.24. The summed E-state index contributed by atoms with van der Waals surface area (Å²) < 4.78 is 32.2. The second-order valence-electron chi connectivity index (χ2n) is 5.02. The van der Waals surface area contributed by atoms with E-state index in [-0.39, 0.29) is 22.9 Å². The van der Waals surface area contributed by atoms with E-state index in [1.54, 1.807) is 0 Å². The van der Waals surface area contributed by atoms with Gasteiger partial charge in [-0.2, -0.15) is 0 Å². The first kappa shape index (κ1) is 15.7. The van der Waals surface area contributed by atoms with E-state index in [1.165, 1.54) is 6.92 Å². The maximum atomic E-state index is 12.3. The lowest BCUT2D eigenvalue weighted by Crippen LogP contribution is -2.30. The Hall–Kier alpha value is -1.64. The summed E-state index contributed by atoms with van der Waals surface area (Å²) in [5.41, 5.74) is -0.155. The third-order valence-corrected chi connectivity index (χ3v) is 4.96. The monoisotopic (exact) mass is 315 g/mol. The minimum atomic E-state index is -3.83. The van der Waals surface area contributed by atoms with Gasteiger partial charge in [0.05, 0.1) is 11.5 Å². The SMILES string of the molecule is Cc1cc(O)c(C(=O)O)cc1S(=O)(=O)NCC1CCOC1. The largest absolute Gasteiger partial charge is 0.507 e. The van der Waals surface area contributed by atoms with Crippen LogP contribution in [0.15, 0.2) is 17.0 Å². The summed E-state index contributed by atoms with van der Waals surface area (Å²) in [5, 5.41) is 18.5. The van der Waals surface area contributed by atoms with Crippen molar-refractivity contribution in [1.82, 2.24) is 4.72 Å². The van der Waals surface area contributed by atoms with E-state index >= 15 is 0 Å². The molecule has 1 aliphatic rings. The van der Waals surface area contributed by atoms with Crippen LogP contribution < -0.4 is 4.72 Å². The number of carboxylic acids is 1. The van der Waals surface area contributed by atoms with E-state index in [4.69, 9.17) is 9.84 Å². The standard InChI is InChI=1S/C13H17NO6S/c1-8-4-11(15)10(13(16)17)5-12(8)21(18,19)14-6-9-2-3-20-7-9/h4-5,9,14-15H,2-3,6-7H2,1H3,(H,16,17). The molecule has 8 heteroatoms. The summed E-state index contributed by atoms with van der Waals surface area (Å²) >= 11 is 0. The van der Waals surface area contributed by atoms with Gasteiger partial charge >= 0.3 is 5.97 Å². The Morgan fingerprint density at radius 2 is 2.19 bits per heavy atom. The molecule has 21 heavy (non-hydrogen) atoms. The number of hydrogen-bond acceptors (Lipinski definition) is 5. The molecule has 7 nitrogen and oxygen atoms in total. The zero-order valence-corrected chi connectivity index (χ0v) is 12.3. The van der Waals surface area contributed by atoms with E-state index in [9.17, 15) is 18.3 Å². The van der Waals surface area contributed by atoms with Crippen LogP contribution in [0.1, 0.15) is 22.3 Å². The van der Waals surface area contributed by atoms with E-state index in [2.05, 4.69) is 4.72 Å². The molecule has 0 saturated carbocycles. The first-order valence-corrected chi connectivity index (χ1v) is 7.94. The van der Waals surface area contributed by atoms with Crippen LogP contribution in [-0.4, -0.2) is 44.4 Å². The van der Waals surface area contributed by atoms with E-state index in [0.29, 0.717) is 13.2 Å². The lowest BCUT2D eigenvalue weighted by Gasteiger charge is -2.13. The van der Waals surface area contributed by atoms with Crippen molar-refractivity contribution in [3.8, 4) is 5.75 Å². The highest BCUT2D eigenvalue weighted by atomic mass is 32.2. The molecule has 1 aliphatic heterocycles. The van der Waals surface area contributed by atoms with Crippen molar-refractivity contribution in [2.24, 2.45) is 5.92 Å². The summed E-state index contributed by atoms with van der Waals surface area (Å²) in [5.74, 6) is -1.72. The molecule has 1 unspecified atom stereocenters. The molecule has 0 aromatic heterocycles. The first-order chi connectivity index (χ1) is 9.81. The lowest BCUT2D eigenvalue weighted by atomic mass is 10.1. The first-order valence-electron chi connectivity index (χ1n) is 6.45. The lowest BCUT2D eigenvalue weighted by molar-refractivity contribution is 0.0693. The number of ether oxygens (including phenoxy) is 1. The molecule has 3 N–H and O–H groups in total. The van der Waals surface area contributed by atoms with E-state index < -0.39 is 27.3 Å². The number of benzene rings is 1. The number of phenols is 1. The van der Waals surface area contributed by atoms with Crippen LogP contribution in [0, 0.1) is 12.8 Å². The summed E-state index contributed by atoms with van der Waals surface area (Å²) in [4.78, 5) is 10.8. The van der Waals surface area contributed by atoms with Gasteiger partial charge < -0.3 is 14.9 Å². The molecule has 1 heterocycles. The van der Waals surface area contributed by atoms with Crippen molar-refractivity contribution < 1.29 is 28.2 Å². The number of hydrogen-bond donors (Lipinski definition) is 3. The second-order valence-corrected chi connectivity index (χ2v) is 6.76. The van der Waals surface area contributed by atoms with Gasteiger partial charge in [-0.1, -0.05) is 0 Å². The van der Waals surface area contributed by atoms with E-state index in [0.717, 1.165) is 18.6 Å². The molecular formula is C13H17NO6S. The Labute approximate surface area is 122 Å². The Kier molecular flexibility index (Phi) is 4.50. The highest BCUT2D eigenvalue weighted by Crippen LogP contribution is 2.25. The van der Waals surface area contributed by atoms with Crippen LogP contribution >= 0.6 is 0 Å². The van der Waals surface area contributed by atoms with Gasteiger partial charge in [-0.05, 0) is 37.0 Å². The van der Waals surface area contributed by atoms with Crippen LogP contribution in [0.4, 0.5) is 0 Å². The molecule has 0 amide bonds. The third-order valence-electron chi connectivity index (χ3n) is 3.40. The van der Waals surface area contributed by atoms with Gasteiger partial charge in [0.25, 0.3) is 0 Å². The quantitative estimate of drug-likeness (QED) is 0.737. The van der Waals surface area contributed by atoms with Crippen molar-refractivity contribution in [2.75, 3.05) is 19.8 Å². The number of carbonyl (C=O) groups is 1. The molecule has 2 rings (SSSR count). The van der Waals surface area contributed by atoms with Crippen molar-refractivity contribution in [3.63, 3.8) is 0 Å². The maximum Gasteiger partial charge on any atom is 0.339 e. The van der Waals surface area contributed by atoms with Crippen molar-refractivity contribution >= 4 is 16.0 Å². The fourth-order valence-corrected chi connectivity index (χ4v) is 3.55. The van der Waals surface area contributed by atoms with Gasteiger partial charge in [0, 0.05) is 13.2 Å². The molecule has 1 aromatic carbocycles. The van der Waals surface area contributed by atoms with Gasteiger partial charge in [-0.3, -0.25) is 0 Å². The van der Waals surface area contributed by atoms with Crippen LogP contribution in [0.3, 0.4) is 0 Å². The van der Waals surface area contributed by atoms with Gasteiger partial charge in [0.1, 0.15) is 11.3 Å². The fourth-order valence-electron chi connectivity index (χ4n) is 2.18. The maximum absolute atomic E-state index is 12.3. The molecular weight excluding hydrogens is 298 g/mol. The van der Waals surface area contributed by atoms with Crippen molar-refractivity contribution in [1.29, 1.82) is 0 Å². The van der Waals surface area contributed by atoms with Gasteiger partial charge in [0.15, 0.2) is 0 Å². The molecule has 0 spiro atoms. The second kappa shape index (κ2) is 6.00. The predicted molar refractivity (Wildman–Crippen MR) is 73.9 cm³/mol. The molecule has 1 saturated heterocycles. The van der Waals surface area contributed by atoms with Gasteiger partial charge in [0.2, 0.25) is 10.0 Å². The molecule has 116 valence electrons. The number of rotatable bonds is 5. The van der Waals surface area contributed by atoms with Gasteiger partial charge in [-0.25, -0.2) is 17.9 Å². The van der Waals surface area contributed by atoms with Crippen molar-refractivity contribution in [2.45, 2.75) is 18.2 Å². The summed E-state index contributed by atoms with van der Waals surface area (Å²) in [7, 11) is -3.83. The summed E-state index contributed by atoms with van der Waals surface area (Å²) in [6, 6.07) is 2.11. The topological polar surface area (TPSA) is 113 Å². The molecule has 0 aliphatic carbocycles. The van der Waals surface area contributed by atoms with Gasteiger partial charge in [-0.15, -0.1) is 0 Å². The highest BCUT2D eigenvalue weighted by molar-refractivity contribution is 7.89. The Morgan fingerprint density at radius 1 is 1.48 bits per heavy atom. The molecule has 0 bridgehead atoms. The van der Waals surface area contributed by atoms with Crippen LogP contribution in [0.5, 0.6) is 5.75 Å². The minimum Gasteiger partial charge on any atom is -0.507 e. The molecule has 1 fully saturated rings. The normalized spacial score (nSPS) is 18.8.